The van der Waals surface area contributed by atoms with Gasteiger partial charge in [-0.3, -0.25) is 9.78 Å². The molecule has 1 N–H and O–H groups in total. The first-order valence-electron chi connectivity index (χ1n) is 5.60. The molecule has 0 aliphatic rings. The first-order chi connectivity index (χ1) is 8.63. The molecule has 0 fully saturated rings. The largest absolute Gasteiger partial charge is 0.480 e. The Hall–Kier alpha value is -1.95. The molecule has 6 nitrogen and oxygen atoms in total. The van der Waals surface area contributed by atoms with Crippen molar-refractivity contribution in [2.24, 2.45) is 0 Å². The lowest BCUT2D eigenvalue weighted by Gasteiger charge is -2.20. The predicted octanol–water partition coefficient (Wildman–Crippen LogP) is 0.531. The van der Waals surface area contributed by atoms with Crippen LogP contribution in [0.3, 0.4) is 0 Å². The van der Waals surface area contributed by atoms with E-state index in [0.717, 1.165) is 5.69 Å². The van der Waals surface area contributed by atoms with Gasteiger partial charge in [0.05, 0.1) is 12.2 Å². The van der Waals surface area contributed by atoms with Gasteiger partial charge in [-0.2, -0.15) is 0 Å². The Bertz CT molecular complexity index is 394. The molecule has 1 aromatic rings. The van der Waals surface area contributed by atoms with Crippen molar-refractivity contribution in [1.29, 1.82) is 0 Å². The number of amides is 1. The summed E-state index contributed by atoms with van der Waals surface area (Å²) in [4.78, 5) is 27.7. The van der Waals surface area contributed by atoms with Crippen LogP contribution in [0.5, 0.6) is 0 Å². The third kappa shape index (κ3) is 4.92. The summed E-state index contributed by atoms with van der Waals surface area (Å²) in [5.41, 5.74) is 0.783. The second-order valence-corrected chi connectivity index (χ2v) is 3.62. The van der Waals surface area contributed by atoms with Gasteiger partial charge >= 0.3 is 5.97 Å². The van der Waals surface area contributed by atoms with E-state index in [1.165, 1.54) is 0 Å². The molecular formula is C12H16N2O4. The summed E-state index contributed by atoms with van der Waals surface area (Å²) in [5.74, 6) is -1.33. The van der Waals surface area contributed by atoms with Crippen LogP contribution in [0.2, 0.25) is 0 Å². The Morgan fingerprint density at radius 1 is 1.39 bits per heavy atom. The molecule has 1 amide bonds. The van der Waals surface area contributed by atoms with Gasteiger partial charge in [0, 0.05) is 12.7 Å². The minimum absolute atomic E-state index is 0.229. The van der Waals surface area contributed by atoms with Gasteiger partial charge in [-0.05, 0) is 19.1 Å². The van der Waals surface area contributed by atoms with E-state index in [1.807, 2.05) is 19.1 Å². The number of ether oxygens (including phenoxy) is 1. The van der Waals surface area contributed by atoms with Crippen LogP contribution in [0.4, 0.5) is 0 Å². The molecule has 98 valence electrons. The van der Waals surface area contributed by atoms with Gasteiger partial charge in [0.25, 0.3) is 0 Å². The molecule has 0 aliphatic heterocycles. The molecule has 0 bridgehead atoms. The molecule has 6 heteroatoms. The first-order valence-corrected chi connectivity index (χ1v) is 5.60. The molecule has 0 aliphatic carbocycles. The van der Waals surface area contributed by atoms with Crippen molar-refractivity contribution in [2.45, 2.75) is 13.5 Å². The maximum Gasteiger partial charge on any atom is 0.329 e. The third-order valence-electron chi connectivity index (χ3n) is 2.26. The molecule has 1 rings (SSSR count). The van der Waals surface area contributed by atoms with Gasteiger partial charge < -0.3 is 14.7 Å². The van der Waals surface area contributed by atoms with E-state index in [-0.39, 0.29) is 12.5 Å². The van der Waals surface area contributed by atoms with E-state index < -0.39 is 12.6 Å². The second-order valence-electron chi connectivity index (χ2n) is 3.62. The smallest absolute Gasteiger partial charge is 0.329 e. The Morgan fingerprint density at radius 3 is 2.72 bits per heavy atom. The van der Waals surface area contributed by atoms with Crippen LogP contribution in [-0.4, -0.2) is 46.6 Å². The number of likely N-dealkylation sites (N-methyl/N-ethyl adjacent to an activating group) is 1. The highest BCUT2D eigenvalue weighted by molar-refractivity contribution is 5.77. The van der Waals surface area contributed by atoms with Crippen molar-refractivity contribution < 1.29 is 19.4 Å². The molecule has 0 saturated heterocycles. The number of rotatable bonds is 7. The summed E-state index contributed by atoms with van der Waals surface area (Å²) in [7, 11) is 0. The van der Waals surface area contributed by atoms with Crippen LogP contribution in [0, 0.1) is 0 Å². The van der Waals surface area contributed by atoms with Gasteiger partial charge in [-0.25, -0.2) is 4.79 Å². The number of aliphatic carboxylic acids is 1. The lowest BCUT2D eigenvalue weighted by atomic mass is 10.3. The maximum absolute atomic E-state index is 11.7. The summed E-state index contributed by atoms with van der Waals surface area (Å²) in [5, 5.41) is 8.40. The van der Waals surface area contributed by atoms with Crippen molar-refractivity contribution in [3.05, 3.63) is 30.1 Å². The zero-order valence-electron chi connectivity index (χ0n) is 10.2. The minimum Gasteiger partial charge on any atom is -0.480 e. The summed E-state index contributed by atoms with van der Waals surface area (Å²) in [6.07, 6.45) is 1.66. The summed E-state index contributed by atoms with van der Waals surface area (Å²) < 4.78 is 4.77. The van der Waals surface area contributed by atoms with Crippen LogP contribution in [0.1, 0.15) is 12.6 Å². The summed E-state index contributed by atoms with van der Waals surface area (Å²) in [6, 6.07) is 5.48. The molecule has 1 aromatic heterocycles. The van der Waals surface area contributed by atoms with Gasteiger partial charge in [0.1, 0.15) is 13.2 Å². The molecule has 18 heavy (non-hydrogen) atoms. The average Bonchev–Trinajstić information content (AvgIpc) is 2.36. The van der Waals surface area contributed by atoms with Crippen molar-refractivity contribution in [2.75, 3.05) is 19.8 Å². The van der Waals surface area contributed by atoms with Gasteiger partial charge in [0.15, 0.2) is 0 Å². The van der Waals surface area contributed by atoms with E-state index in [4.69, 9.17) is 9.84 Å². The zero-order valence-corrected chi connectivity index (χ0v) is 10.2. The fraction of sp³-hybridized carbons (Fsp3) is 0.417. The molecular weight excluding hydrogens is 236 g/mol. The number of carboxylic acid groups (broad SMARTS) is 1. The average molecular weight is 252 g/mol. The highest BCUT2D eigenvalue weighted by Gasteiger charge is 2.13. The number of carbonyl (C=O) groups is 2. The Kier molecular flexibility index (Phi) is 5.79. The fourth-order valence-electron chi connectivity index (χ4n) is 1.38. The fourth-order valence-corrected chi connectivity index (χ4v) is 1.38. The van der Waals surface area contributed by atoms with Crippen molar-refractivity contribution in [3.8, 4) is 0 Å². The molecule has 1 heterocycles. The number of carboxylic acids is 1. The Labute approximate surface area is 105 Å². The number of carbonyl (C=O) groups excluding carboxylic acids is 1. The monoisotopic (exact) mass is 252 g/mol. The lowest BCUT2D eigenvalue weighted by Crippen LogP contribution is -2.34. The third-order valence-corrected chi connectivity index (χ3v) is 2.26. The number of nitrogens with zero attached hydrogens (tertiary/aromatic N) is 2. The first kappa shape index (κ1) is 14.1. The molecule has 0 atom stereocenters. The molecule has 0 aromatic carbocycles. The molecule has 0 radical (unpaired) electrons. The van der Waals surface area contributed by atoms with Crippen LogP contribution >= 0.6 is 0 Å². The maximum atomic E-state index is 11.7. The topological polar surface area (TPSA) is 79.7 Å². The van der Waals surface area contributed by atoms with E-state index in [2.05, 4.69) is 4.98 Å². The standard InChI is InChI=1S/C12H16N2O4/c1-2-14(7-10-5-3-4-6-13-10)11(15)8-18-9-12(16)17/h3-6H,2,7-9H2,1H3,(H,16,17). The van der Waals surface area contributed by atoms with Crippen molar-refractivity contribution in [3.63, 3.8) is 0 Å². The number of aromatic nitrogens is 1. The van der Waals surface area contributed by atoms with Gasteiger partial charge in [0.2, 0.25) is 5.91 Å². The van der Waals surface area contributed by atoms with Gasteiger partial charge in [-0.15, -0.1) is 0 Å². The van der Waals surface area contributed by atoms with Gasteiger partial charge in [-0.1, -0.05) is 6.07 Å². The Balaban J connectivity index is 2.45. The van der Waals surface area contributed by atoms with Crippen LogP contribution in [0.25, 0.3) is 0 Å². The number of pyridine rings is 1. The second kappa shape index (κ2) is 7.39. The van der Waals surface area contributed by atoms with Crippen molar-refractivity contribution >= 4 is 11.9 Å². The highest BCUT2D eigenvalue weighted by atomic mass is 16.5. The summed E-state index contributed by atoms with van der Waals surface area (Å²) in [6.45, 7) is 2.07. The van der Waals surface area contributed by atoms with E-state index in [0.29, 0.717) is 13.1 Å². The number of hydrogen-bond acceptors (Lipinski definition) is 4. The SMILES string of the molecule is CCN(Cc1ccccn1)C(=O)COCC(=O)O. The van der Waals surface area contributed by atoms with E-state index >= 15 is 0 Å². The van der Waals surface area contributed by atoms with Crippen LogP contribution in [-0.2, 0) is 20.9 Å². The Morgan fingerprint density at radius 2 is 2.17 bits per heavy atom. The lowest BCUT2D eigenvalue weighted by molar-refractivity contribution is -0.146. The van der Waals surface area contributed by atoms with E-state index in [9.17, 15) is 9.59 Å². The molecule has 0 saturated carbocycles. The minimum atomic E-state index is -1.09. The normalized spacial score (nSPS) is 10.1. The van der Waals surface area contributed by atoms with Crippen LogP contribution in [0.15, 0.2) is 24.4 Å². The zero-order chi connectivity index (χ0) is 13.4. The predicted molar refractivity (Wildman–Crippen MR) is 63.8 cm³/mol. The van der Waals surface area contributed by atoms with E-state index in [1.54, 1.807) is 17.2 Å². The molecule has 0 spiro atoms. The number of hydrogen-bond donors (Lipinski definition) is 1. The highest BCUT2D eigenvalue weighted by Crippen LogP contribution is 2.01. The molecule has 0 unspecified atom stereocenters. The summed E-state index contributed by atoms with van der Waals surface area (Å²) >= 11 is 0. The quantitative estimate of drug-likeness (QED) is 0.765. The van der Waals surface area contributed by atoms with Crippen molar-refractivity contribution in [1.82, 2.24) is 9.88 Å². The van der Waals surface area contributed by atoms with Crippen LogP contribution < -0.4 is 0 Å².